The van der Waals surface area contributed by atoms with Crippen LogP contribution in [0.2, 0.25) is 0 Å². The highest BCUT2D eigenvalue weighted by molar-refractivity contribution is 9.10. The minimum Gasteiger partial charge on any atom is -0.478 e. The Kier molecular flexibility index (Phi) is 6.55. The van der Waals surface area contributed by atoms with Crippen molar-refractivity contribution in [3.8, 4) is 0 Å². The molecule has 0 heterocycles. The van der Waals surface area contributed by atoms with E-state index in [9.17, 15) is 14.7 Å². The van der Waals surface area contributed by atoms with Gasteiger partial charge in [-0.3, -0.25) is 4.79 Å². The fraction of sp³-hybridized carbons (Fsp3) is 0.263. The molecule has 0 saturated carbocycles. The first-order valence-electron chi connectivity index (χ1n) is 7.84. The molecule has 1 N–H and O–H groups in total. The van der Waals surface area contributed by atoms with Gasteiger partial charge in [-0.15, -0.1) is 0 Å². The summed E-state index contributed by atoms with van der Waals surface area (Å²) in [5.41, 5.74) is 2.02. The number of carbonyl (C=O) groups excluding carboxylic acids is 1. The molecule has 4 nitrogen and oxygen atoms in total. The van der Waals surface area contributed by atoms with E-state index in [0.717, 1.165) is 10.0 Å². The highest BCUT2D eigenvalue weighted by Gasteiger charge is 2.15. The molecule has 2 aromatic rings. The number of hydrogen-bond donors (Lipinski definition) is 1. The van der Waals surface area contributed by atoms with Crippen molar-refractivity contribution in [3.05, 3.63) is 69.7 Å². The molecule has 0 radical (unpaired) electrons. The van der Waals surface area contributed by atoms with Gasteiger partial charge in [0.15, 0.2) is 0 Å². The lowest BCUT2D eigenvalue weighted by molar-refractivity contribution is -0.131. The van der Waals surface area contributed by atoms with Crippen LogP contribution in [0.15, 0.2) is 53.0 Å². The van der Waals surface area contributed by atoms with Gasteiger partial charge in [0.2, 0.25) is 5.91 Å². The van der Waals surface area contributed by atoms with Gasteiger partial charge in [-0.05, 0) is 42.7 Å². The van der Waals surface area contributed by atoms with E-state index >= 15 is 0 Å². The monoisotopic (exact) mass is 389 g/mol. The topological polar surface area (TPSA) is 57.6 Å². The standard InChI is InChI=1S/C19H20BrNO3/c1-2-21(13-14-6-5-8-16(20)12-14)18(22)11-10-15-7-3-4-9-17(15)19(23)24/h3-9,12H,2,10-11,13H2,1H3,(H,23,24). The molecule has 0 spiro atoms. The molecule has 0 fully saturated rings. The van der Waals surface area contributed by atoms with Crippen molar-refractivity contribution < 1.29 is 14.7 Å². The van der Waals surface area contributed by atoms with Crippen LogP contribution < -0.4 is 0 Å². The smallest absolute Gasteiger partial charge is 0.335 e. The first-order chi connectivity index (χ1) is 11.5. The lowest BCUT2D eigenvalue weighted by Gasteiger charge is -2.21. The van der Waals surface area contributed by atoms with Gasteiger partial charge in [-0.25, -0.2) is 4.79 Å². The van der Waals surface area contributed by atoms with Crippen molar-refractivity contribution >= 4 is 27.8 Å². The Bertz CT molecular complexity index is 730. The second kappa shape index (κ2) is 8.64. The predicted octanol–water partition coefficient (Wildman–Crippen LogP) is 4.13. The third-order valence-corrected chi connectivity index (χ3v) is 4.35. The molecule has 1 amide bonds. The summed E-state index contributed by atoms with van der Waals surface area (Å²) in [5.74, 6) is -0.933. The van der Waals surface area contributed by atoms with E-state index in [1.165, 1.54) is 0 Å². The van der Waals surface area contributed by atoms with Crippen LogP contribution in [-0.4, -0.2) is 28.4 Å². The van der Waals surface area contributed by atoms with Crippen LogP contribution in [0.3, 0.4) is 0 Å². The number of rotatable bonds is 7. The summed E-state index contributed by atoms with van der Waals surface area (Å²) >= 11 is 3.43. The number of aryl methyl sites for hydroxylation is 1. The van der Waals surface area contributed by atoms with E-state index < -0.39 is 5.97 Å². The summed E-state index contributed by atoms with van der Waals surface area (Å²) < 4.78 is 0.985. The lowest BCUT2D eigenvalue weighted by Crippen LogP contribution is -2.30. The summed E-state index contributed by atoms with van der Waals surface area (Å²) in [6.07, 6.45) is 0.725. The first kappa shape index (κ1) is 18.2. The maximum Gasteiger partial charge on any atom is 0.335 e. The predicted molar refractivity (Wildman–Crippen MR) is 97.0 cm³/mol. The van der Waals surface area contributed by atoms with Gasteiger partial charge in [0, 0.05) is 24.0 Å². The van der Waals surface area contributed by atoms with Gasteiger partial charge in [0.25, 0.3) is 0 Å². The molecule has 0 saturated heterocycles. The molecular weight excluding hydrogens is 370 g/mol. The van der Waals surface area contributed by atoms with Crippen molar-refractivity contribution in [3.63, 3.8) is 0 Å². The van der Waals surface area contributed by atoms with E-state index in [0.29, 0.717) is 31.5 Å². The fourth-order valence-electron chi connectivity index (χ4n) is 2.58. The SMILES string of the molecule is CCN(Cc1cccc(Br)c1)C(=O)CCc1ccccc1C(=O)O. The van der Waals surface area contributed by atoms with Gasteiger partial charge >= 0.3 is 5.97 Å². The molecule has 24 heavy (non-hydrogen) atoms. The van der Waals surface area contributed by atoms with Crippen LogP contribution in [0.4, 0.5) is 0 Å². The van der Waals surface area contributed by atoms with Gasteiger partial charge in [-0.1, -0.05) is 46.3 Å². The fourth-order valence-corrected chi connectivity index (χ4v) is 3.03. The van der Waals surface area contributed by atoms with Gasteiger partial charge in [0.1, 0.15) is 0 Å². The Balaban J connectivity index is 2.01. The van der Waals surface area contributed by atoms with Crippen LogP contribution in [0.25, 0.3) is 0 Å². The molecule has 2 rings (SSSR count). The Hall–Kier alpha value is -2.14. The first-order valence-corrected chi connectivity index (χ1v) is 8.64. The Morgan fingerprint density at radius 1 is 1.12 bits per heavy atom. The van der Waals surface area contributed by atoms with Crippen molar-refractivity contribution in [2.75, 3.05) is 6.54 Å². The maximum absolute atomic E-state index is 12.5. The summed E-state index contributed by atoms with van der Waals surface area (Å²) in [5, 5.41) is 9.21. The van der Waals surface area contributed by atoms with Crippen LogP contribution >= 0.6 is 15.9 Å². The second-order valence-electron chi connectivity index (χ2n) is 5.50. The highest BCUT2D eigenvalue weighted by atomic mass is 79.9. The van der Waals surface area contributed by atoms with Crippen LogP contribution in [0.1, 0.15) is 34.8 Å². The van der Waals surface area contributed by atoms with Crippen molar-refractivity contribution in [2.45, 2.75) is 26.3 Å². The zero-order valence-electron chi connectivity index (χ0n) is 13.5. The van der Waals surface area contributed by atoms with Crippen LogP contribution in [-0.2, 0) is 17.8 Å². The molecule has 0 aliphatic rings. The summed E-state index contributed by atoms with van der Waals surface area (Å²) in [4.78, 5) is 25.5. The normalized spacial score (nSPS) is 10.4. The van der Waals surface area contributed by atoms with Gasteiger partial charge < -0.3 is 10.0 Å². The Morgan fingerprint density at radius 3 is 2.54 bits per heavy atom. The number of amides is 1. The van der Waals surface area contributed by atoms with E-state index in [1.807, 2.05) is 31.2 Å². The molecular formula is C19H20BrNO3. The van der Waals surface area contributed by atoms with Crippen molar-refractivity contribution in [2.24, 2.45) is 0 Å². The molecule has 0 bridgehead atoms. The third kappa shape index (κ3) is 4.93. The number of aromatic carboxylic acids is 1. The second-order valence-corrected chi connectivity index (χ2v) is 6.42. The molecule has 0 aliphatic carbocycles. The molecule has 0 aromatic heterocycles. The maximum atomic E-state index is 12.5. The highest BCUT2D eigenvalue weighted by Crippen LogP contribution is 2.15. The van der Waals surface area contributed by atoms with E-state index in [2.05, 4.69) is 15.9 Å². The number of carboxylic acid groups (broad SMARTS) is 1. The van der Waals surface area contributed by atoms with Crippen LogP contribution in [0, 0.1) is 0 Å². The molecule has 5 heteroatoms. The van der Waals surface area contributed by atoms with Gasteiger partial charge in [0.05, 0.1) is 5.56 Å². The molecule has 0 atom stereocenters. The summed E-state index contributed by atoms with van der Waals surface area (Å²) in [6, 6.07) is 14.7. The molecule has 0 unspecified atom stereocenters. The zero-order valence-corrected chi connectivity index (χ0v) is 15.1. The minimum atomic E-state index is -0.959. The third-order valence-electron chi connectivity index (χ3n) is 3.85. The Morgan fingerprint density at radius 2 is 1.88 bits per heavy atom. The molecule has 0 aliphatic heterocycles. The molecule has 2 aromatic carbocycles. The Labute approximate surface area is 150 Å². The number of hydrogen-bond acceptors (Lipinski definition) is 2. The number of carbonyl (C=O) groups is 2. The number of halogens is 1. The average Bonchev–Trinajstić information content (AvgIpc) is 2.57. The van der Waals surface area contributed by atoms with E-state index in [-0.39, 0.29) is 11.5 Å². The zero-order chi connectivity index (χ0) is 17.5. The van der Waals surface area contributed by atoms with E-state index in [1.54, 1.807) is 29.2 Å². The van der Waals surface area contributed by atoms with Crippen molar-refractivity contribution in [1.29, 1.82) is 0 Å². The number of benzene rings is 2. The van der Waals surface area contributed by atoms with Gasteiger partial charge in [-0.2, -0.15) is 0 Å². The van der Waals surface area contributed by atoms with Crippen LogP contribution in [0.5, 0.6) is 0 Å². The number of nitrogens with zero attached hydrogens (tertiary/aromatic N) is 1. The average molecular weight is 390 g/mol. The van der Waals surface area contributed by atoms with Crippen molar-refractivity contribution in [1.82, 2.24) is 4.90 Å². The van der Waals surface area contributed by atoms with E-state index in [4.69, 9.17) is 0 Å². The lowest BCUT2D eigenvalue weighted by atomic mass is 10.0. The minimum absolute atomic E-state index is 0.0256. The molecule has 126 valence electrons. The largest absolute Gasteiger partial charge is 0.478 e. The quantitative estimate of drug-likeness (QED) is 0.774. The summed E-state index contributed by atoms with van der Waals surface area (Å²) in [6.45, 7) is 3.11. The summed E-state index contributed by atoms with van der Waals surface area (Å²) in [7, 11) is 0. The number of carboxylic acids is 1.